The maximum absolute atomic E-state index is 10.5. The Morgan fingerprint density at radius 1 is 0.909 bits per heavy atom. The molecule has 0 unspecified atom stereocenters. The zero-order chi connectivity index (χ0) is 9.00. The first kappa shape index (κ1) is 18.5. The molecule has 0 aromatic carbocycles. The predicted octanol–water partition coefficient (Wildman–Crippen LogP) is -6.89. The second kappa shape index (κ2) is 7.13. The van der Waals surface area contributed by atoms with Crippen LogP contribution in [0.5, 0.6) is 0 Å². The summed E-state index contributed by atoms with van der Waals surface area (Å²) in [5, 5.41) is 0. The molecular weight excluding hydrogens is 229 g/mol. The first-order chi connectivity index (χ1) is 4.00. The van der Waals surface area contributed by atoms with Gasteiger partial charge in [-0.25, -0.2) is 4.11 Å². The minimum Gasteiger partial charge on any atom is -0.790 e. The fourth-order valence-electron chi connectivity index (χ4n) is 0. The molecule has 0 heterocycles. The summed E-state index contributed by atoms with van der Waals surface area (Å²) in [6, 6.07) is 0. The van der Waals surface area contributed by atoms with Gasteiger partial charge in [0.15, 0.2) is 0 Å². The van der Waals surface area contributed by atoms with Gasteiger partial charge in [0.2, 0.25) is 0 Å². The van der Waals surface area contributed by atoms with Gasteiger partial charge in [0.25, 0.3) is 0 Å². The van der Waals surface area contributed by atoms with Crippen molar-refractivity contribution >= 4 is 18.3 Å². The van der Waals surface area contributed by atoms with Crippen molar-refractivity contribution in [3.63, 3.8) is 0 Å². The van der Waals surface area contributed by atoms with Gasteiger partial charge in [0.05, 0.1) is 0 Å². The SMILES string of the molecule is O[Si](O)(O)F.[K+].[O-][Si](O)(O)F. The molecule has 0 rings (SSSR count). The molecule has 0 saturated heterocycles. The third-order valence-corrected chi connectivity index (χ3v) is 0. The Bertz CT molecular complexity index is 61.6. The van der Waals surface area contributed by atoms with Crippen LogP contribution in [0.2, 0.25) is 0 Å². The van der Waals surface area contributed by atoms with E-state index in [1.165, 1.54) is 0 Å². The van der Waals surface area contributed by atoms with E-state index in [2.05, 4.69) is 0 Å². The molecule has 0 radical (unpaired) electrons. The Hall–Kier alpha value is 1.69. The zero-order valence-electron chi connectivity index (χ0n) is 5.40. The summed E-state index contributed by atoms with van der Waals surface area (Å²) in [5.41, 5.74) is 0. The van der Waals surface area contributed by atoms with Crippen molar-refractivity contribution in [2.75, 3.05) is 0 Å². The molecule has 0 aliphatic rings. The van der Waals surface area contributed by atoms with Crippen LogP contribution in [-0.2, 0) is 0 Å². The Morgan fingerprint density at radius 2 is 0.909 bits per heavy atom. The zero-order valence-corrected chi connectivity index (χ0v) is 10.5. The van der Waals surface area contributed by atoms with Crippen molar-refractivity contribution in [3.05, 3.63) is 0 Å². The third-order valence-electron chi connectivity index (χ3n) is 0. The quantitative estimate of drug-likeness (QED) is 0.210. The molecule has 11 heavy (non-hydrogen) atoms. The average molecular weight is 234 g/mol. The minimum absolute atomic E-state index is 0. The summed E-state index contributed by atoms with van der Waals surface area (Å²) in [4.78, 5) is 44.0. The van der Waals surface area contributed by atoms with E-state index in [1.54, 1.807) is 0 Å². The summed E-state index contributed by atoms with van der Waals surface area (Å²) < 4.78 is 20.9. The van der Waals surface area contributed by atoms with Crippen LogP contribution in [0.3, 0.4) is 0 Å². The van der Waals surface area contributed by atoms with Gasteiger partial charge in [0, 0.05) is 0 Å². The van der Waals surface area contributed by atoms with Crippen LogP contribution in [0.15, 0.2) is 0 Å². The normalized spacial score (nSPS) is 10.9. The molecule has 0 amide bonds. The smallest absolute Gasteiger partial charge is 0.790 e. The molecule has 0 aromatic heterocycles. The molecule has 0 bridgehead atoms. The predicted molar refractivity (Wildman–Crippen MR) is 24.8 cm³/mol. The van der Waals surface area contributed by atoms with E-state index >= 15 is 0 Å². The Balaban J connectivity index is -0.000000107. The summed E-state index contributed by atoms with van der Waals surface area (Å²) in [7, 11) is -10.5. The fraction of sp³-hybridized carbons (Fsp3) is 0. The number of halogens is 2. The standard InChI is InChI=1S/FH3O3Si.FH2O3Si.K/c2*1-5(2,3)4;/h2-4H;2-3H;/q;-1;+1. The van der Waals surface area contributed by atoms with Crippen molar-refractivity contribution in [1.29, 1.82) is 0 Å². The largest absolute Gasteiger partial charge is 1.00 e. The molecule has 5 N–H and O–H groups in total. The maximum atomic E-state index is 10.5. The molecule has 0 fully saturated rings. The van der Waals surface area contributed by atoms with Gasteiger partial charge in [-0.1, -0.05) is 0 Å². The number of hydrogen-bond donors (Lipinski definition) is 5. The molecule has 64 valence electrons. The molecular formula is H5F2KO6Si2. The van der Waals surface area contributed by atoms with E-state index in [-0.39, 0.29) is 51.4 Å². The van der Waals surface area contributed by atoms with Crippen LogP contribution in [-0.4, -0.2) is 42.3 Å². The van der Waals surface area contributed by atoms with Crippen molar-refractivity contribution in [1.82, 2.24) is 0 Å². The third kappa shape index (κ3) is 384. The van der Waals surface area contributed by atoms with Crippen LogP contribution in [0.25, 0.3) is 0 Å². The molecule has 0 saturated carbocycles. The summed E-state index contributed by atoms with van der Waals surface area (Å²) >= 11 is 0. The van der Waals surface area contributed by atoms with Crippen LogP contribution in [0, 0.1) is 0 Å². The molecule has 0 atom stereocenters. The van der Waals surface area contributed by atoms with E-state index in [0.717, 1.165) is 0 Å². The summed E-state index contributed by atoms with van der Waals surface area (Å²) in [6.07, 6.45) is 0. The van der Waals surface area contributed by atoms with Gasteiger partial charge >= 0.3 is 69.7 Å². The topological polar surface area (TPSA) is 124 Å². The van der Waals surface area contributed by atoms with Crippen molar-refractivity contribution < 1.29 is 88.4 Å². The van der Waals surface area contributed by atoms with Crippen molar-refractivity contribution in [2.24, 2.45) is 0 Å². The minimum atomic E-state index is -5.36. The number of rotatable bonds is 0. The molecule has 0 aliphatic carbocycles. The van der Waals surface area contributed by atoms with E-state index in [1.807, 2.05) is 0 Å². The molecule has 0 aliphatic heterocycles. The molecule has 6 nitrogen and oxygen atoms in total. The van der Waals surface area contributed by atoms with Gasteiger partial charge in [-0.15, -0.1) is 0 Å². The van der Waals surface area contributed by atoms with Crippen LogP contribution in [0.4, 0.5) is 8.22 Å². The van der Waals surface area contributed by atoms with E-state index in [4.69, 9.17) is 28.8 Å². The first-order valence-corrected chi connectivity index (χ1v) is 5.10. The van der Waals surface area contributed by atoms with E-state index in [9.17, 15) is 8.22 Å². The fourth-order valence-corrected chi connectivity index (χ4v) is 0. The second-order valence-electron chi connectivity index (χ2n) is 1.08. The monoisotopic (exact) mass is 234 g/mol. The van der Waals surface area contributed by atoms with Crippen LogP contribution in [0.1, 0.15) is 0 Å². The Labute approximate surface area is 105 Å². The van der Waals surface area contributed by atoms with E-state index in [0.29, 0.717) is 0 Å². The van der Waals surface area contributed by atoms with Gasteiger partial charge in [-0.3, -0.25) is 4.11 Å². The van der Waals surface area contributed by atoms with Crippen molar-refractivity contribution in [3.8, 4) is 0 Å². The van der Waals surface area contributed by atoms with Crippen molar-refractivity contribution in [2.45, 2.75) is 0 Å². The average Bonchev–Trinajstić information content (AvgIpc) is 1.12. The number of hydrogen-bond acceptors (Lipinski definition) is 6. The van der Waals surface area contributed by atoms with E-state index < -0.39 is 18.3 Å². The molecule has 11 heteroatoms. The van der Waals surface area contributed by atoms with Gasteiger partial charge in [-0.2, -0.15) is 0 Å². The van der Waals surface area contributed by atoms with Gasteiger partial charge in [-0.05, 0) is 0 Å². The molecule has 0 aromatic rings. The first-order valence-electron chi connectivity index (χ1n) is 1.70. The summed E-state index contributed by atoms with van der Waals surface area (Å²) in [6.45, 7) is 0. The second-order valence-corrected chi connectivity index (χ2v) is 3.25. The maximum Gasteiger partial charge on any atom is 1.00 e. The Morgan fingerprint density at radius 3 is 0.909 bits per heavy atom. The Kier molecular flexibility index (Phi) is 12.0. The van der Waals surface area contributed by atoms with Gasteiger partial charge < -0.3 is 28.8 Å². The summed E-state index contributed by atoms with van der Waals surface area (Å²) in [5.74, 6) is 0. The van der Waals surface area contributed by atoms with Gasteiger partial charge in [0.1, 0.15) is 0 Å². The molecule has 0 spiro atoms. The van der Waals surface area contributed by atoms with Crippen LogP contribution >= 0.6 is 0 Å². The van der Waals surface area contributed by atoms with Crippen LogP contribution < -0.4 is 56.2 Å².